The zero-order valence-electron chi connectivity index (χ0n) is 9.20. The number of benzene rings is 2. The highest BCUT2D eigenvalue weighted by Gasteiger charge is 2.04. The van der Waals surface area contributed by atoms with Gasteiger partial charge in [-0.1, -0.05) is 29.8 Å². The van der Waals surface area contributed by atoms with Crippen LogP contribution >= 0.6 is 11.6 Å². The highest BCUT2D eigenvalue weighted by molar-refractivity contribution is 6.33. The van der Waals surface area contributed by atoms with Gasteiger partial charge in [-0.3, -0.25) is 5.43 Å². The minimum atomic E-state index is -0.667. The molecule has 0 saturated carbocycles. The van der Waals surface area contributed by atoms with Gasteiger partial charge in [0.25, 0.3) is 0 Å². The van der Waals surface area contributed by atoms with Gasteiger partial charge in [0.15, 0.2) is 0 Å². The predicted molar refractivity (Wildman–Crippen MR) is 69.0 cm³/mol. The minimum Gasteiger partial charge on any atom is -0.277 e. The summed E-state index contributed by atoms with van der Waals surface area (Å²) in [5.41, 5.74) is 2.99. The van der Waals surface area contributed by atoms with Gasteiger partial charge in [-0.25, -0.2) is 8.78 Å². The first-order valence-corrected chi connectivity index (χ1v) is 5.54. The first-order valence-electron chi connectivity index (χ1n) is 5.16. The zero-order valence-corrected chi connectivity index (χ0v) is 9.96. The quantitative estimate of drug-likeness (QED) is 0.657. The maximum absolute atomic E-state index is 13.3. The third kappa shape index (κ3) is 2.84. The van der Waals surface area contributed by atoms with E-state index in [0.717, 1.165) is 6.21 Å². The smallest absolute Gasteiger partial charge is 0.134 e. The topological polar surface area (TPSA) is 24.4 Å². The first-order chi connectivity index (χ1) is 8.68. The van der Waals surface area contributed by atoms with Gasteiger partial charge in [0.05, 0.1) is 22.5 Å². The van der Waals surface area contributed by atoms with Crippen molar-refractivity contribution < 1.29 is 8.78 Å². The molecule has 0 saturated heterocycles. The van der Waals surface area contributed by atoms with Gasteiger partial charge in [0.1, 0.15) is 11.6 Å². The molecule has 0 aliphatic heterocycles. The van der Waals surface area contributed by atoms with E-state index in [2.05, 4.69) is 10.5 Å². The summed E-state index contributed by atoms with van der Waals surface area (Å²) in [7, 11) is 0. The monoisotopic (exact) mass is 266 g/mol. The molecule has 92 valence electrons. The molecule has 5 heteroatoms. The Morgan fingerprint density at radius 3 is 2.33 bits per heavy atom. The highest BCUT2D eigenvalue weighted by atomic mass is 35.5. The van der Waals surface area contributed by atoms with Crippen molar-refractivity contribution in [2.75, 3.05) is 5.43 Å². The van der Waals surface area contributed by atoms with Gasteiger partial charge in [-0.2, -0.15) is 5.10 Å². The van der Waals surface area contributed by atoms with Crippen LogP contribution in [0.1, 0.15) is 5.56 Å². The number of rotatable bonds is 3. The van der Waals surface area contributed by atoms with Gasteiger partial charge in [-0.05, 0) is 24.3 Å². The lowest BCUT2D eigenvalue weighted by atomic mass is 10.2. The molecule has 0 aliphatic carbocycles. The summed E-state index contributed by atoms with van der Waals surface area (Å²) < 4.78 is 26.5. The van der Waals surface area contributed by atoms with Crippen LogP contribution in [0.3, 0.4) is 0 Å². The summed E-state index contributed by atoms with van der Waals surface area (Å²) in [5.74, 6) is -1.33. The molecule has 2 nitrogen and oxygen atoms in total. The third-order valence-corrected chi connectivity index (χ3v) is 2.58. The number of hydrogen-bond donors (Lipinski definition) is 1. The average Bonchev–Trinajstić information content (AvgIpc) is 2.35. The maximum atomic E-state index is 13.3. The SMILES string of the molecule is Fc1cccc(F)c1/C=N\Nc1ccccc1Cl. The number of nitrogens with zero attached hydrogens (tertiary/aromatic N) is 1. The molecule has 0 radical (unpaired) electrons. The number of hydrogen-bond acceptors (Lipinski definition) is 2. The van der Waals surface area contributed by atoms with Gasteiger partial charge in [-0.15, -0.1) is 0 Å². The molecular formula is C13H9ClF2N2. The molecule has 0 aliphatic rings. The molecule has 0 fully saturated rings. The number of para-hydroxylation sites is 1. The first kappa shape index (κ1) is 12.5. The van der Waals surface area contributed by atoms with Gasteiger partial charge >= 0.3 is 0 Å². The Kier molecular flexibility index (Phi) is 3.89. The molecule has 0 spiro atoms. The van der Waals surface area contributed by atoms with Gasteiger partial charge in [0.2, 0.25) is 0 Å². The fraction of sp³-hybridized carbons (Fsp3) is 0. The second-order valence-corrected chi connectivity index (χ2v) is 3.89. The van der Waals surface area contributed by atoms with E-state index in [1.54, 1.807) is 24.3 Å². The third-order valence-electron chi connectivity index (χ3n) is 2.25. The molecule has 2 aromatic carbocycles. The van der Waals surface area contributed by atoms with Crippen LogP contribution in [0.15, 0.2) is 47.6 Å². The second-order valence-electron chi connectivity index (χ2n) is 3.49. The molecule has 1 N–H and O–H groups in total. The minimum absolute atomic E-state index is 0.197. The molecule has 0 amide bonds. The lowest BCUT2D eigenvalue weighted by molar-refractivity contribution is 0.580. The van der Waals surface area contributed by atoms with Crippen LogP contribution in [0.25, 0.3) is 0 Å². The van der Waals surface area contributed by atoms with Crippen molar-refractivity contribution >= 4 is 23.5 Å². The molecule has 0 bridgehead atoms. The molecule has 0 aromatic heterocycles. The van der Waals surface area contributed by atoms with E-state index in [4.69, 9.17) is 11.6 Å². The number of hydrazone groups is 1. The van der Waals surface area contributed by atoms with E-state index in [0.29, 0.717) is 10.7 Å². The van der Waals surface area contributed by atoms with Crippen LogP contribution in [-0.2, 0) is 0 Å². The summed E-state index contributed by atoms with van der Waals surface area (Å²) in [6.45, 7) is 0. The Morgan fingerprint density at radius 1 is 1.00 bits per heavy atom. The molecule has 2 aromatic rings. The fourth-order valence-electron chi connectivity index (χ4n) is 1.35. The van der Waals surface area contributed by atoms with E-state index in [9.17, 15) is 8.78 Å². The van der Waals surface area contributed by atoms with Crippen molar-refractivity contribution in [1.82, 2.24) is 0 Å². The van der Waals surface area contributed by atoms with E-state index < -0.39 is 11.6 Å². The number of halogens is 3. The lowest BCUT2D eigenvalue weighted by Crippen LogP contribution is -1.96. The normalized spacial score (nSPS) is 10.8. The molecule has 18 heavy (non-hydrogen) atoms. The Labute approximate surface area is 108 Å². The molecular weight excluding hydrogens is 258 g/mol. The van der Waals surface area contributed by atoms with E-state index in [1.807, 2.05) is 0 Å². The van der Waals surface area contributed by atoms with Crippen molar-refractivity contribution in [2.24, 2.45) is 5.10 Å². The molecule has 2 rings (SSSR count). The molecule has 0 heterocycles. The van der Waals surface area contributed by atoms with Crippen molar-refractivity contribution in [3.8, 4) is 0 Å². The Morgan fingerprint density at radius 2 is 1.67 bits per heavy atom. The molecule has 0 unspecified atom stereocenters. The zero-order chi connectivity index (χ0) is 13.0. The average molecular weight is 267 g/mol. The van der Waals surface area contributed by atoms with Crippen LogP contribution in [0.4, 0.5) is 14.5 Å². The Hall–Kier alpha value is -1.94. The number of anilines is 1. The van der Waals surface area contributed by atoms with E-state index in [-0.39, 0.29) is 5.56 Å². The van der Waals surface area contributed by atoms with Crippen LogP contribution in [-0.4, -0.2) is 6.21 Å². The van der Waals surface area contributed by atoms with Gasteiger partial charge < -0.3 is 0 Å². The van der Waals surface area contributed by atoms with Crippen molar-refractivity contribution in [3.05, 3.63) is 64.7 Å². The van der Waals surface area contributed by atoms with Crippen LogP contribution in [0.2, 0.25) is 5.02 Å². The predicted octanol–water partition coefficient (Wildman–Crippen LogP) is 4.06. The largest absolute Gasteiger partial charge is 0.277 e. The van der Waals surface area contributed by atoms with E-state index >= 15 is 0 Å². The summed E-state index contributed by atoms with van der Waals surface area (Å²) in [6.07, 6.45) is 1.08. The van der Waals surface area contributed by atoms with Crippen LogP contribution < -0.4 is 5.43 Å². The van der Waals surface area contributed by atoms with E-state index in [1.165, 1.54) is 18.2 Å². The van der Waals surface area contributed by atoms with Crippen LogP contribution in [0.5, 0.6) is 0 Å². The number of nitrogens with one attached hydrogen (secondary N) is 1. The van der Waals surface area contributed by atoms with Crippen molar-refractivity contribution in [1.29, 1.82) is 0 Å². The summed E-state index contributed by atoms with van der Waals surface area (Å²) in [5, 5.41) is 4.23. The second kappa shape index (κ2) is 5.60. The Balaban J connectivity index is 2.15. The summed E-state index contributed by atoms with van der Waals surface area (Å²) in [4.78, 5) is 0. The van der Waals surface area contributed by atoms with Crippen LogP contribution in [0, 0.1) is 11.6 Å². The maximum Gasteiger partial charge on any atom is 0.134 e. The highest BCUT2D eigenvalue weighted by Crippen LogP contribution is 2.20. The van der Waals surface area contributed by atoms with Gasteiger partial charge in [0, 0.05) is 0 Å². The molecule has 0 atom stereocenters. The fourth-order valence-corrected chi connectivity index (χ4v) is 1.53. The summed E-state index contributed by atoms with van der Waals surface area (Å²) >= 11 is 5.88. The lowest BCUT2D eigenvalue weighted by Gasteiger charge is -2.02. The standard InChI is InChI=1S/C13H9ClF2N2/c14-10-4-1-2-7-13(10)18-17-8-9-11(15)5-3-6-12(9)16/h1-8,18H/b17-8-. The summed E-state index contributed by atoms with van der Waals surface area (Å²) in [6, 6.07) is 10.6. The Bertz CT molecular complexity index is 565. The van der Waals surface area contributed by atoms with Crippen molar-refractivity contribution in [2.45, 2.75) is 0 Å². The van der Waals surface area contributed by atoms with Crippen molar-refractivity contribution in [3.63, 3.8) is 0 Å².